The van der Waals surface area contributed by atoms with Gasteiger partial charge in [-0.25, -0.2) is 0 Å². The van der Waals surface area contributed by atoms with Gasteiger partial charge in [-0.3, -0.25) is 9.80 Å². The van der Waals surface area contributed by atoms with E-state index in [4.69, 9.17) is 0 Å². The van der Waals surface area contributed by atoms with Gasteiger partial charge >= 0.3 is 0 Å². The van der Waals surface area contributed by atoms with Gasteiger partial charge in [-0.1, -0.05) is 30.3 Å². The van der Waals surface area contributed by atoms with Crippen LogP contribution in [0.5, 0.6) is 0 Å². The summed E-state index contributed by atoms with van der Waals surface area (Å²) in [7, 11) is 4.22. The van der Waals surface area contributed by atoms with E-state index in [1.165, 1.54) is 5.56 Å². The van der Waals surface area contributed by atoms with Crippen molar-refractivity contribution in [1.82, 2.24) is 14.7 Å². The molecule has 1 N–H and O–H groups in total. The molecule has 1 fully saturated rings. The van der Waals surface area contributed by atoms with Crippen molar-refractivity contribution in [3.8, 4) is 0 Å². The summed E-state index contributed by atoms with van der Waals surface area (Å²) in [5.74, 6) is 0. The van der Waals surface area contributed by atoms with Crippen molar-refractivity contribution < 1.29 is 5.11 Å². The second-order valence-corrected chi connectivity index (χ2v) is 5.94. The summed E-state index contributed by atoms with van der Waals surface area (Å²) < 4.78 is 0. The highest BCUT2D eigenvalue weighted by molar-refractivity contribution is 5.14. The number of β-amino-alcohol motifs (C(OH)–C–C–N with tert-alkyl or cyclic N) is 1. The van der Waals surface area contributed by atoms with E-state index >= 15 is 0 Å². The van der Waals surface area contributed by atoms with Crippen LogP contribution < -0.4 is 0 Å². The monoisotopic (exact) mass is 277 g/mol. The van der Waals surface area contributed by atoms with Gasteiger partial charge in [0.1, 0.15) is 0 Å². The van der Waals surface area contributed by atoms with Crippen molar-refractivity contribution in [3.05, 3.63) is 35.9 Å². The van der Waals surface area contributed by atoms with E-state index in [2.05, 4.69) is 53.1 Å². The van der Waals surface area contributed by atoms with Crippen molar-refractivity contribution in [2.24, 2.45) is 0 Å². The van der Waals surface area contributed by atoms with Gasteiger partial charge in [0, 0.05) is 45.8 Å². The van der Waals surface area contributed by atoms with Gasteiger partial charge in [-0.2, -0.15) is 0 Å². The van der Waals surface area contributed by atoms with Crippen LogP contribution in [0.1, 0.15) is 5.56 Å². The van der Waals surface area contributed by atoms with Crippen LogP contribution in [-0.4, -0.2) is 79.3 Å². The Kier molecular flexibility index (Phi) is 5.98. The lowest BCUT2D eigenvalue weighted by molar-refractivity contribution is 0.0594. The van der Waals surface area contributed by atoms with Crippen molar-refractivity contribution in [3.63, 3.8) is 0 Å². The molecule has 4 heteroatoms. The molecule has 1 atom stereocenters. The molecule has 1 aliphatic heterocycles. The minimum Gasteiger partial charge on any atom is -0.390 e. The molecule has 0 radical (unpaired) electrons. The van der Waals surface area contributed by atoms with Gasteiger partial charge in [0.15, 0.2) is 0 Å². The second-order valence-electron chi connectivity index (χ2n) is 5.94. The van der Waals surface area contributed by atoms with Crippen LogP contribution in [0, 0.1) is 0 Å². The number of benzene rings is 1. The lowest BCUT2D eigenvalue weighted by Crippen LogP contribution is -2.48. The Morgan fingerprint density at radius 1 is 1.15 bits per heavy atom. The smallest absolute Gasteiger partial charge is 0.0793 e. The normalized spacial score (nSPS) is 19.4. The molecule has 1 aliphatic rings. The SMILES string of the molecule is CN1CCN(CC(O)CN(C)Cc2ccccc2)CC1. The molecule has 112 valence electrons. The van der Waals surface area contributed by atoms with Gasteiger partial charge < -0.3 is 10.0 Å². The van der Waals surface area contributed by atoms with Crippen LogP contribution in [0.2, 0.25) is 0 Å². The zero-order chi connectivity index (χ0) is 14.4. The highest BCUT2D eigenvalue weighted by Gasteiger charge is 2.17. The van der Waals surface area contributed by atoms with Crippen LogP contribution in [0.4, 0.5) is 0 Å². The Labute approximate surface area is 122 Å². The van der Waals surface area contributed by atoms with Gasteiger partial charge in [0.2, 0.25) is 0 Å². The third kappa shape index (κ3) is 5.21. The highest BCUT2D eigenvalue weighted by Crippen LogP contribution is 2.05. The van der Waals surface area contributed by atoms with E-state index in [9.17, 15) is 5.11 Å². The molecule has 0 saturated carbocycles. The summed E-state index contributed by atoms with van der Waals surface area (Å²) in [4.78, 5) is 6.89. The van der Waals surface area contributed by atoms with E-state index in [0.717, 1.165) is 45.8 Å². The minimum atomic E-state index is -0.271. The lowest BCUT2D eigenvalue weighted by atomic mass is 10.2. The Hall–Kier alpha value is -0.940. The van der Waals surface area contributed by atoms with E-state index in [0.29, 0.717) is 0 Å². The summed E-state index contributed by atoms with van der Waals surface area (Å²) in [6, 6.07) is 10.4. The maximum Gasteiger partial charge on any atom is 0.0793 e. The highest BCUT2D eigenvalue weighted by atomic mass is 16.3. The Bertz CT molecular complexity index is 377. The molecular weight excluding hydrogens is 250 g/mol. The molecular formula is C16H27N3O. The molecule has 0 aromatic heterocycles. The predicted octanol–water partition coefficient (Wildman–Crippen LogP) is 0.727. The number of likely N-dealkylation sites (N-methyl/N-ethyl adjacent to an activating group) is 2. The number of piperazine rings is 1. The Balaban J connectivity index is 1.69. The van der Waals surface area contributed by atoms with Crippen LogP contribution in [-0.2, 0) is 6.54 Å². The fraction of sp³-hybridized carbons (Fsp3) is 0.625. The van der Waals surface area contributed by atoms with Crippen LogP contribution in [0.3, 0.4) is 0 Å². The molecule has 4 nitrogen and oxygen atoms in total. The molecule has 1 aromatic carbocycles. The number of hydrogen-bond acceptors (Lipinski definition) is 4. The number of aliphatic hydroxyl groups is 1. The summed E-state index contributed by atoms with van der Waals surface area (Å²) >= 11 is 0. The Morgan fingerprint density at radius 3 is 2.45 bits per heavy atom. The average Bonchev–Trinajstić information content (AvgIpc) is 2.42. The third-order valence-corrected chi connectivity index (χ3v) is 3.88. The number of rotatable bonds is 6. The largest absolute Gasteiger partial charge is 0.390 e. The summed E-state index contributed by atoms with van der Waals surface area (Å²) in [6.07, 6.45) is -0.271. The molecule has 1 heterocycles. The number of nitrogens with zero attached hydrogens (tertiary/aromatic N) is 3. The van der Waals surface area contributed by atoms with Crippen molar-refractivity contribution in [2.45, 2.75) is 12.6 Å². The molecule has 0 bridgehead atoms. The predicted molar refractivity (Wildman–Crippen MR) is 82.7 cm³/mol. The molecule has 2 rings (SSSR count). The molecule has 0 aliphatic carbocycles. The molecule has 1 saturated heterocycles. The molecule has 20 heavy (non-hydrogen) atoms. The molecule has 1 unspecified atom stereocenters. The summed E-state index contributed by atoms with van der Waals surface area (Å²) in [6.45, 7) is 6.74. The first kappa shape index (κ1) is 15.4. The number of aliphatic hydroxyl groups excluding tert-OH is 1. The van der Waals surface area contributed by atoms with E-state index in [1.54, 1.807) is 0 Å². The first-order valence-electron chi connectivity index (χ1n) is 7.45. The summed E-state index contributed by atoms with van der Waals surface area (Å²) in [5, 5.41) is 10.2. The third-order valence-electron chi connectivity index (χ3n) is 3.88. The zero-order valence-electron chi connectivity index (χ0n) is 12.7. The van der Waals surface area contributed by atoms with Gasteiger partial charge in [-0.15, -0.1) is 0 Å². The summed E-state index contributed by atoms with van der Waals surface area (Å²) in [5.41, 5.74) is 1.29. The first-order chi connectivity index (χ1) is 9.63. The molecule has 0 amide bonds. The van der Waals surface area contributed by atoms with Crippen molar-refractivity contribution in [2.75, 3.05) is 53.4 Å². The van der Waals surface area contributed by atoms with Crippen molar-refractivity contribution >= 4 is 0 Å². The van der Waals surface area contributed by atoms with Crippen molar-refractivity contribution in [1.29, 1.82) is 0 Å². The topological polar surface area (TPSA) is 30.0 Å². The number of hydrogen-bond donors (Lipinski definition) is 1. The van der Waals surface area contributed by atoms with Crippen LogP contribution in [0.15, 0.2) is 30.3 Å². The standard InChI is InChI=1S/C16H27N3O/c1-17-8-10-19(11-9-17)14-16(20)13-18(2)12-15-6-4-3-5-7-15/h3-7,16,20H,8-14H2,1-2H3. The molecule has 0 spiro atoms. The average molecular weight is 277 g/mol. The maximum atomic E-state index is 10.2. The van der Waals surface area contributed by atoms with E-state index in [1.807, 2.05) is 6.07 Å². The minimum absolute atomic E-state index is 0.271. The lowest BCUT2D eigenvalue weighted by Gasteiger charge is -2.34. The van der Waals surface area contributed by atoms with Crippen LogP contribution >= 0.6 is 0 Å². The quantitative estimate of drug-likeness (QED) is 0.830. The second kappa shape index (κ2) is 7.74. The zero-order valence-corrected chi connectivity index (χ0v) is 12.7. The van der Waals surface area contributed by atoms with E-state index in [-0.39, 0.29) is 6.10 Å². The van der Waals surface area contributed by atoms with Gasteiger partial charge in [0.25, 0.3) is 0 Å². The maximum absolute atomic E-state index is 10.2. The Morgan fingerprint density at radius 2 is 1.80 bits per heavy atom. The fourth-order valence-corrected chi connectivity index (χ4v) is 2.71. The molecule has 1 aromatic rings. The van der Waals surface area contributed by atoms with E-state index < -0.39 is 0 Å². The van der Waals surface area contributed by atoms with Gasteiger partial charge in [-0.05, 0) is 19.7 Å². The first-order valence-corrected chi connectivity index (χ1v) is 7.45. The van der Waals surface area contributed by atoms with Crippen LogP contribution in [0.25, 0.3) is 0 Å². The fourth-order valence-electron chi connectivity index (χ4n) is 2.71. The van der Waals surface area contributed by atoms with Gasteiger partial charge in [0.05, 0.1) is 6.10 Å².